The van der Waals surface area contributed by atoms with E-state index in [4.69, 9.17) is 4.42 Å². The molecule has 1 aliphatic heterocycles. The van der Waals surface area contributed by atoms with Crippen LogP contribution in [0.4, 0.5) is 0 Å². The number of carboxylic acids is 1. The van der Waals surface area contributed by atoms with Gasteiger partial charge in [0.05, 0.1) is 6.26 Å². The second-order valence-electron chi connectivity index (χ2n) is 4.68. The first-order valence-electron chi connectivity index (χ1n) is 6.12. The molecule has 5 heteroatoms. The highest BCUT2D eigenvalue weighted by Crippen LogP contribution is 2.34. The molecule has 1 saturated heterocycles. The minimum atomic E-state index is -1.07. The number of nitrogens with zero attached hydrogens (tertiary/aromatic N) is 1. The van der Waals surface area contributed by atoms with Crippen molar-refractivity contribution in [1.82, 2.24) is 4.90 Å². The van der Waals surface area contributed by atoms with Crippen LogP contribution in [0.1, 0.15) is 42.3 Å². The largest absolute Gasteiger partial charge is 0.479 e. The van der Waals surface area contributed by atoms with Gasteiger partial charge in [0.15, 0.2) is 5.76 Å². The van der Waals surface area contributed by atoms with Crippen LogP contribution in [0.25, 0.3) is 0 Å². The Morgan fingerprint density at radius 1 is 1.56 bits per heavy atom. The van der Waals surface area contributed by atoms with Gasteiger partial charge in [-0.1, -0.05) is 6.92 Å². The predicted octanol–water partition coefficient (Wildman–Crippen LogP) is 2.06. The second kappa shape index (κ2) is 4.48. The van der Waals surface area contributed by atoms with Crippen molar-refractivity contribution >= 4 is 11.9 Å². The van der Waals surface area contributed by atoms with Crippen LogP contribution in [0.5, 0.6) is 0 Å². The lowest BCUT2D eigenvalue weighted by Gasteiger charge is -2.33. The fourth-order valence-corrected chi connectivity index (χ4v) is 2.63. The van der Waals surface area contributed by atoms with Gasteiger partial charge in [-0.25, -0.2) is 4.79 Å². The molecule has 0 radical (unpaired) electrons. The molecular formula is C13H17NO4. The molecule has 0 aromatic carbocycles. The van der Waals surface area contributed by atoms with Gasteiger partial charge in [0, 0.05) is 12.1 Å². The molecule has 1 aromatic rings. The zero-order valence-corrected chi connectivity index (χ0v) is 10.6. The summed E-state index contributed by atoms with van der Waals surface area (Å²) in [4.78, 5) is 25.3. The summed E-state index contributed by atoms with van der Waals surface area (Å²) in [7, 11) is 0. The van der Waals surface area contributed by atoms with Gasteiger partial charge in [0.1, 0.15) is 5.54 Å². The van der Waals surface area contributed by atoms with Crippen molar-refractivity contribution in [2.75, 3.05) is 6.54 Å². The summed E-state index contributed by atoms with van der Waals surface area (Å²) in [6.07, 6.45) is 3.08. The highest BCUT2D eigenvalue weighted by atomic mass is 16.4. The molecule has 1 N–H and O–H groups in total. The van der Waals surface area contributed by atoms with E-state index in [9.17, 15) is 14.7 Å². The fraction of sp³-hybridized carbons (Fsp3) is 0.538. The molecule has 0 bridgehead atoms. The van der Waals surface area contributed by atoms with Gasteiger partial charge in [-0.05, 0) is 32.3 Å². The number of carbonyl (C=O) groups excluding carboxylic acids is 1. The third-order valence-electron chi connectivity index (χ3n) is 3.77. The van der Waals surface area contributed by atoms with Gasteiger partial charge < -0.3 is 14.4 Å². The van der Waals surface area contributed by atoms with Gasteiger partial charge in [-0.2, -0.15) is 0 Å². The number of likely N-dealkylation sites (tertiary alicyclic amines) is 1. The predicted molar refractivity (Wildman–Crippen MR) is 64.4 cm³/mol. The Kier molecular flexibility index (Phi) is 3.15. The monoisotopic (exact) mass is 251 g/mol. The third-order valence-corrected chi connectivity index (χ3v) is 3.77. The summed E-state index contributed by atoms with van der Waals surface area (Å²) in [6, 6.07) is 1.71. The zero-order chi connectivity index (χ0) is 13.3. The van der Waals surface area contributed by atoms with E-state index in [1.54, 1.807) is 19.9 Å². The average molecular weight is 251 g/mol. The van der Waals surface area contributed by atoms with E-state index in [0.29, 0.717) is 25.8 Å². The maximum atomic E-state index is 12.4. The van der Waals surface area contributed by atoms with E-state index in [2.05, 4.69) is 0 Å². The molecule has 0 aliphatic carbocycles. The lowest BCUT2D eigenvalue weighted by atomic mass is 9.92. The van der Waals surface area contributed by atoms with Crippen molar-refractivity contribution < 1.29 is 19.1 Å². The van der Waals surface area contributed by atoms with Crippen molar-refractivity contribution in [1.29, 1.82) is 0 Å². The van der Waals surface area contributed by atoms with Crippen molar-refractivity contribution in [2.24, 2.45) is 0 Å². The van der Waals surface area contributed by atoms with Gasteiger partial charge in [0.2, 0.25) is 0 Å². The van der Waals surface area contributed by atoms with E-state index >= 15 is 0 Å². The number of carboxylic acid groups (broad SMARTS) is 1. The average Bonchev–Trinajstić information content (AvgIpc) is 2.94. The van der Waals surface area contributed by atoms with Crippen molar-refractivity contribution in [3.8, 4) is 0 Å². The number of aryl methyl sites for hydroxylation is 1. The van der Waals surface area contributed by atoms with Gasteiger partial charge in [0.25, 0.3) is 5.91 Å². The van der Waals surface area contributed by atoms with Crippen LogP contribution >= 0.6 is 0 Å². The Morgan fingerprint density at radius 3 is 2.78 bits per heavy atom. The van der Waals surface area contributed by atoms with Crippen LogP contribution < -0.4 is 0 Å². The molecule has 1 aliphatic rings. The molecule has 1 aromatic heterocycles. The standard InChI is InChI=1S/C13H17NO4/c1-3-13(12(16)17)6-4-7-14(13)11(15)10-9(2)5-8-18-10/h5,8H,3-4,6-7H2,1-2H3,(H,16,17). The molecular weight excluding hydrogens is 234 g/mol. The minimum Gasteiger partial charge on any atom is -0.479 e. The van der Waals surface area contributed by atoms with Crippen LogP contribution in [0, 0.1) is 6.92 Å². The molecule has 2 heterocycles. The molecule has 5 nitrogen and oxygen atoms in total. The summed E-state index contributed by atoms with van der Waals surface area (Å²) >= 11 is 0. The maximum absolute atomic E-state index is 12.4. The van der Waals surface area contributed by atoms with Crippen LogP contribution in [0.3, 0.4) is 0 Å². The first-order valence-corrected chi connectivity index (χ1v) is 6.12. The Hall–Kier alpha value is -1.78. The second-order valence-corrected chi connectivity index (χ2v) is 4.68. The van der Waals surface area contributed by atoms with Crippen molar-refractivity contribution in [2.45, 2.75) is 38.6 Å². The summed E-state index contributed by atoms with van der Waals surface area (Å²) in [5.74, 6) is -1.00. The number of furan rings is 1. The van der Waals surface area contributed by atoms with Gasteiger partial charge >= 0.3 is 5.97 Å². The number of carbonyl (C=O) groups is 2. The number of amides is 1. The Bertz CT molecular complexity index is 479. The Balaban J connectivity index is 2.35. The maximum Gasteiger partial charge on any atom is 0.329 e. The first kappa shape index (κ1) is 12.7. The van der Waals surface area contributed by atoms with E-state index in [0.717, 1.165) is 5.56 Å². The number of rotatable bonds is 3. The molecule has 2 rings (SSSR count). The fourth-order valence-electron chi connectivity index (χ4n) is 2.63. The highest BCUT2D eigenvalue weighted by Gasteiger charge is 2.49. The molecule has 18 heavy (non-hydrogen) atoms. The lowest BCUT2D eigenvalue weighted by molar-refractivity contribution is -0.148. The van der Waals surface area contributed by atoms with Crippen LogP contribution in [0.15, 0.2) is 16.7 Å². The van der Waals surface area contributed by atoms with Crippen molar-refractivity contribution in [3.05, 3.63) is 23.7 Å². The number of aliphatic carboxylic acids is 1. The molecule has 0 saturated carbocycles. The van der Waals surface area contributed by atoms with E-state index in [1.807, 2.05) is 0 Å². The minimum absolute atomic E-state index is 0.246. The molecule has 1 amide bonds. The molecule has 98 valence electrons. The van der Waals surface area contributed by atoms with Crippen LogP contribution in [0.2, 0.25) is 0 Å². The zero-order valence-electron chi connectivity index (χ0n) is 10.6. The first-order chi connectivity index (χ1) is 8.53. The quantitative estimate of drug-likeness (QED) is 0.892. The summed E-state index contributed by atoms with van der Waals surface area (Å²) < 4.78 is 5.17. The third kappa shape index (κ3) is 1.70. The number of hydrogen-bond acceptors (Lipinski definition) is 3. The van der Waals surface area contributed by atoms with Crippen molar-refractivity contribution in [3.63, 3.8) is 0 Å². The van der Waals surface area contributed by atoms with E-state index < -0.39 is 11.5 Å². The normalized spacial score (nSPS) is 23.3. The van der Waals surface area contributed by atoms with Crippen LogP contribution in [-0.4, -0.2) is 34.0 Å². The van der Waals surface area contributed by atoms with E-state index in [-0.39, 0.29) is 11.7 Å². The molecule has 1 fully saturated rings. The Morgan fingerprint density at radius 2 is 2.28 bits per heavy atom. The Labute approximate surface area is 105 Å². The van der Waals surface area contributed by atoms with Gasteiger partial charge in [-0.15, -0.1) is 0 Å². The number of hydrogen-bond donors (Lipinski definition) is 1. The molecule has 1 atom stereocenters. The molecule has 0 spiro atoms. The smallest absolute Gasteiger partial charge is 0.329 e. The summed E-state index contributed by atoms with van der Waals surface area (Å²) in [6.45, 7) is 4.05. The highest BCUT2D eigenvalue weighted by molar-refractivity contribution is 5.97. The van der Waals surface area contributed by atoms with E-state index in [1.165, 1.54) is 11.2 Å². The lowest BCUT2D eigenvalue weighted by Crippen LogP contribution is -2.52. The summed E-state index contributed by atoms with van der Waals surface area (Å²) in [5.41, 5.74) is -0.335. The molecule has 1 unspecified atom stereocenters. The van der Waals surface area contributed by atoms with Gasteiger partial charge in [-0.3, -0.25) is 4.79 Å². The SMILES string of the molecule is CCC1(C(=O)O)CCCN1C(=O)c1occc1C. The summed E-state index contributed by atoms with van der Waals surface area (Å²) in [5, 5.41) is 9.43. The topological polar surface area (TPSA) is 70.8 Å². The van der Waals surface area contributed by atoms with Crippen LogP contribution in [-0.2, 0) is 4.79 Å².